The van der Waals surface area contributed by atoms with Gasteiger partial charge in [0.1, 0.15) is 17.1 Å². The molecule has 3 aromatic rings. The van der Waals surface area contributed by atoms with Gasteiger partial charge in [0, 0.05) is 12.0 Å². The summed E-state index contributed by atoms with van der Waals surface area (Å²) in [5.74, 6) is 0.589. The van der Waals surface area contributed by atoms with Crippen LogP contribution in [0.25, 0.3) is 6.08 Å². The number of carbonyl (C=O) groups is 2. The Balaban J connectivity index is 1.38. The first-order valence-corrected chi connectivity index (χ1v) is 10.5. The van der Waals surface area contributed by atoms with Crippen molar-refractivity contribution in [1.82, 2.24) is 5.43 Å². The molecular formula is C26H24N2O4. The molecule has 0 radical (unpaired) electrons. The molecule has 6 nitrogen and oxygen atoms in total. The second-order valence-corrected chi connectivity index (χ2v) is 7.38. The van der Waals surface area contributed by atoms with Crippen LogP contribution >= 0.6 is 0 Å². The molecule has 0 aromatic heterocycles. The van der Waals surface area contributed by atoms with Crippen molar-refractivity contribution in [3.05, 3.63) is 95.6 Å². The molecule has 3 aromatic carbocycles. The van der Waals surface area contributed by atoms with E-state index in [1.54, 1.807) is 18.2 Å². The average molecular weight is 428 g/mol. The van der Waals surface area contributed by atoms with E-state index in [0.29, 0.717) is 36.6 Å². The minimum absolute atomic E-state index is 0.0626. The van der Waals surface area contributed by atoms with E-state index in [9.17, 15) is 9.59 Å². The third-order valence-corrected chi connectivity index (χ3v) is 4.96. The molecule has 0 unspecified atom stereocenters. The van der Waals surface area contributed by atoms with Crippen LogP contribution in [0.5, 0.6) is 11.5 Å². The normalized spacial score (nSPS) is 14.5. The predicted molar refractivity (Wildman–Crippen MR) is 123 cm³/mol. The van der Waals surface area contributed by atoms with Crippen LogP contribution in [0, 0.1) is 6.92 Å². The van der Waals surface area contributed by atoms with E-state index in [0.717, 1.165) is 5.75 Å². The highest BCUT2D eigenvalue weighted by atomic mass is 16.5. The smallest absolute Gasteiger partial charge is 0.282 e. The van der Waals surface area contributed by atoms with Crippen molar-refractivity contribution < 1.29 is 19.1 Å². The topological polar surface area (TPSA) is 67.9 Å². The highest BCUT2D eigenvalue weighted by Crippen LogP contribution is 2.25. The predicted octanol–water partition coefficient (Wildman–Crippen LogP) is 4.30. The Morgan fingerprint density at radius 3 is 2.31 bits per heavy atom. The SMILES string of the molecule is Cc1ccc(OCCCOc2ccccc2/C=C2\C(=O)NN(c3ccccc3)C2=O)cc1. The fourth-order valence-electron chi connectivity index (χ4n) is 3.27. The van der Waals surface area contributed by atoms with Crippen LogP contribution in [-0.4, -0.2) is 25.0 Å². The molecule has 32 heavy (non-hydrogen) atoms. The standard InChI is InChI=1S/C26H24N2O4/c1-19-12-14-22(15-13-19)31-16-7-17-32-24-11-6-5-8-20(24)18-23-25(29)27-28(26(23)30)21-9-3-2-4-10-21/h2-6,8-15,18H,7,16-17H2,1H3,(H,27,29)/b23-18+. The van der Waals surface area contributed by atoms with Crippen LogP contribution in [0.4, 0.5) is 5.69 Å². The minimum atomic E-state index is -0.444. The number of amides is 2. The summed E-state index contributed by atoms with van der Waals surface area (Å²) < 4.78 is 11.6. The zero-order chi connectivity index (χ0) is 22.3. The largest absolute Gasteiger partial charge is 0.493 e. The van der Waals surface area contributed by atoms with Crippen molar-refractivity contribution in [2.75, 3.05) is 18.2 Å². The molecular weight excluding hydrogens is 404 g/mol. The van der Waals surface area contributed by atoms with Gasteiger partial charge in [0.2, 0.25) is 0 Å². The molecule has 1 fully saturated rings. The molecule has 162 valence electrons. The molecule has 1 aliphatic rings. The molecule has 0 saturated carbocycles. The van der Waals surface area contributed by atoms with Gasteiger partial charge in [-0.1, -0.05) is 54.1 Å². The first-order chi connectivity index (χ1) is 15.6. The highest BCUT2D eigenvalue weighted by Gasteiger charge is 2.34. The minimum Gasteiger partial charge on any atom is -0.493 e. The van der Waals surface area contributed by atoms with E-state index in [-0.39, 0.29) is 5.57 Å². The maximum absolute atomic E-state index is 12.8. The summed E-state index contributed by atoms with van der Waals surface area (Å²) in [4.78, 5) is 25.2. The number of hydrazine groups is 1. The van der Waals surface area contributed by atoms with E-state index < -0.39 is 11.8 Å². The van der Waals surface area contributed by atoms with E-state index in [4.69, 9.17) is 9.47 Å². The monoisotopic (exact) mass is 428 g/mol. The summed E-state index contributed by atoms with van der Waals surface area (Å²) in [6.07, 6.45) is 2.26. The van der Waals surface area contributed by atoms with Gasteiger partial charge in [0.15, 0.2) is 0 Å². The zero-order valence-electron chi connectivity index (χ0n) is 17.8. The summed E-state index contributed by atoms with van der Waals surface area (Å²) in [6, 6.07) is 24.2. The second kappa shape index (κ2) is 9.83. The van der Waals surface area contributed by atoms with Crippen molar-refractivity contribution in [1.29, 1.82) is 0 Å². The van der Waals surface area contributed by atoms with Gasteiger partial charge >= 0.3 is 0 Å². The summed E-state index contributed by atoms with van der Waals surface area (Å²) >= 11 is 0. The van der Waals surface area contributed by atoms with Gasteiger partial charge in [0.25, 0.3) is 11.8 Å². The molecule has 6 heteroatoms. The first kappa shape index (κ1) is 21.2. The lowest BCUT2D eigenvalue weighted by atomic mass is 10.1. The van der Waals surface area contributed by atoms with Crippen LogP contribution in [0.2, 0.25) is 0 Å². The number of nitrogens with one attached hydrogen (secondary N) is 1. The number of anilines is 1. The third-order valence-electron chi connectivity index (χ3n) is 4.96. The van der Waals surface area contributed by atoms with Crippen LogP contribution in [0.15, 0.2) is 84.4 Å². The van der Waals surface area contributed by atoms with E-state index in [2.05, 4.69) is 5.43 Å². The Morgan fingerprint density at radius 1 is 0.844 bits per heavy atom. The zero-order valence-corrected chi connectivity index (χ0v) is 17.8. The van der Waals surface area contributed by atoms with Crippen molar-refractivity contribution in [2.45, 2.75) is 13.3 Å². The number of nitrogens with zero attached hydrogens (tertiary/aromatic N) is 1. The lowest BCUT2D eigenvalue weighted by Gasteiger charge is -2.14. The Morgan fingerprint density at radius 2 is 1.53 bits per heavy atom. The van der Waals surface area contributed by atoms with Gasteiger partial charge < -0.3 is 9.47 Å². The maximum atomic E-state index is 12.8. The maximum Gasteiger partial charge on any atom is 0.282 e. The number of rotatable bonds is 8. The third kappa shape index (κ3) is 4.98. The van der Waals surface area contributed by atoms with Crippen molar-refractivity contribution in [2.24, 2.45) is 0 Å². The Hall–Kier alpha value is -4.06. The van der Waals surface area contributed by atoms with Crippen molar-refractivity contribution >= 4 is 23.6 Å². The van der Waals surface area contributed by atoms with Crippen LogP contribution in [0.3, 0.4) is 0 Å². The number of hydrogen-bond acceptors (Lipinski definition) is 4. The Bertz CT molecular complexity index is 1120. The molecule has 1 heterocycles. The van der Waals surface area contributed by atoms with Gasteiger partial charge in [-0.2, -0.15) is 0 Å². The number of hydrogen-bond donors (Lipinski definition) is 1. The number of aryl methyl sites for hydroxylation is 1. The van der Waals surface area contributed by atoms with Crippen LogP contribution in [-0.2, 0) is 9.59 Å². The highest BCUT2D eigenvalue weighted by molar-refractivity contribution is 6.31. The number of ether oxygens (including phenoxy) is 2. The molecule has 0 aliphatic carbocycles. The molecule has 1 N–H and O–H groups in total. The van der Waals surface area contributed by atoms with Crippen molar-refractivity contribution in [3.63, 3.8) is 0 Å². The number of benzene rings is 3. The van der Waals surface area contributed by atoms with Crippen LogP contribution in [0.1, 0.15) is 17.5 Å². The quantitative estimate of drug-likeness (QED) is 0.330. The Kier molecular flexibility index (Phi) is 6.51. The summed E-state index contributed by atoms with van der Waals surface area (Å²) in [6.45, 7) is 3.01. The summed E-state index contributed by atoms with van der Waals surface area (Å²) in [7, 11) is 0. The lowest BCUT2D eigenvalue weighted by Crippen LogP contribution is -2.35. The number of carbonyl (C=O) groups excluding carboxylic acids is 2. The molecule has 1 saturated heterocycles. The average Bonchev–Trinajstić information content (AvgIpc) is 3.10. The number of para-hydroxylation sites is 2. The van der Waals surface area contributed by atoms with Gasteiger partial charge in [-0.25, -0.2) is 5.01 Å². The molecule has 0 atom stereocenters. The Labute approximate surface area is 187 Å². The first-order valence-electron chi connectivity index (χ1n) is 10.5. The van der Waals surface area contributed by atoms with Gasteiger partial charge in [-0.05, 0) is 43.3 Å². The van der Waals surface area contributed by atoms with Gasteiger partial charge in [0.05, 0.1) is 18.9 Å². The van der Waals surface area contributed by atoms with E-state index in [1.165, 1.54) is 10.6 Å². The summed E-state index contributed by atoms with van der Waals surface area (Å²) in [5, 5.41) is 1.25. The van der Waals surface area contributed by atoms with Crippen LogP contribution < -0.4 is 19.9 Å². The van der Waals surface area contributed by atoms with E-state index >= 15 is 0 Å². The van der Waals surface area contributed by atoms with Gasteiger partial charge in [-0.15, -0.1) is 0 Å². The second-order valence-electron chi connectivity index (χ2n) is 7.38. The lowest BCUT2D eigenvalue weighted by molar-refractivity contribution is -0.117. The summed E-state index contributed by atoms with van der Waals surface area (Å²) in [5.41, 5.74) is 5.13. The molecule has 1 aliphatic heterocycles. The van der Waals surface area contributed by atoms with E-state index in [1.807, 2.05) is 73.7 Å². The fourth-order valence-corrected chi connectivity index (χ4v) is 3.27. The molecule has 0 bridgehead atoms. The molecule has 2 amide bonds. The fraction of sp³-hybridized carbons (Fsp3) is 0.154. The van der Waals surface area contributed by atoms with Gasteiger partial charge in [-0.3, -0.25) is 15.0 Å². The van der Waals surface area contributed by atoms with Crippen molar-refractivity contribution in [3.8, 4) is 11.5 Å². The molecule has 0 spiro atoms. The molecule has 4 rings (SSSR count).